The maximum absolute atomic E-state index is 2.36. The van der Waals surface area contributed by atoms with Crippen molar-refractivity contribution in [3.8, 4) is 0 Å². The molecular formula is C18H32Si2Zr. The summed E-state index contributed by atoms with van der Waals surface area (Å²) in [6.45, 7) is 14.2. The second kappa shape index (κ2) is 10.7. The molecule has 0 bridgehead atoms. The fraction of sp³-hybridized carbons (Fsp3) is 0.333. The summed E-state index contributed by atoms with van der Waals surface area (Å²) in [6, 6.07) is 17.4. The van der Waals surface area contributed by atoms with Gasteiger partial charge in [-0.25, -0.2) is 24.3 Å². The Morgan fingerprint density at radius 3 is 0.810 bits per heavy atom. The molecule has 0 aliphatic carbocycles. The predicted octanol–water partition coefficient (Wildman–Crippen LogP) is 4.80. The average molecular weight is 396 g/mol. The molecule has 116 valence electrons. The molecule has 0 saturated heterocycles. The van der Waals surface area contributed by atoms with Crippen molar-refractivity contribution in [1.82, 2.24) is 0 Å². The van der Waals surface area contributed by atoms with Gasteiger partial charge in [-0.2, -0.15) is 34.6 Å². The van der Waals surface area contributed by atoms with Crippen LogP contribution in [0, 0.1) is 14.9 Å². The van der Waals surface area contributed by atoms with Crippen molar-refractivity contribution in [3.63, 3.8) is 0 Å². The van der Waals surface area contributed by atoms with Gasteiger partial charge in [-0.3, -0.25) is 0 Å². The van der Waals surface area contributed by atoms with Gasteiger partial charge in [0.1, 0.15) is 0 Å². The third kappa shape index (κ3) is 9.60. The van der Waals surface area contributed by atoms with E-state index in [0.717, 1.165) is 0 Å². The first-order valence-corrected chi connectivity index (χ1v) is 13.7. The molecule has 0 amide bonds. The molecule has 2 rings (SSSR count). The second-order valence-corrected chi connectivity index (χ2v) is 17.0. The van der Waals surface area contributed by atoms with E-state index in [0.29, 0.717) is 0 Å². The van der Waals surface area contributed by atoms with Crippen molar-refractivity contribution < 1.29 is 26.2 Å². The van der Waals surface area contributed by atoms with Gasteiger partial charge in [0.15, 0.2) is 0 Å². The average Bonchev–Trinajstić information content (AvgIpc) is 2.91. The first kappa shape index (κ1) is 25.9. The van der Waals surface area contributed by atoms with Crippen LogP contribution in [0.1, 0.15) is 0 Å². The van der Waals surface area contributed by atoms with Gasteiger partial charge < -0.3 is 14.9 Å². The Bertz CT molecular complexity index is 384. The van der Waals surface area contributed by atoms with E-state index in [2.05, 4.69) is 87.8 Å². The molecule has 0 heterocycles. The molecule has 0 nitrogen and oxygen atoms in total. The SMILES string of the molecule is C[Si](C)(C)[c-]1cccc1.C[Si](C)(C)[c-]1cccc1.[CH3-].[CH3-].[Zr+4]. The minimum absolute atomic E-state index is 0. The molecule has 2 aromatic rings. The summed E-state index contributed by atoms with van der Waals surface area (Å²) in [5, 5.41) is 3.12. The summed E-state index contributed by atoms with van der Waals surface area (Å²) in [5.41, 5.74) is 0. The first-order chi connectivity index (χ1) is 8.21. The van der Waals surface area contributed by atoms with E-state index >= 15 is 0 Å². The molecule has 0 N–H and O–H groups in total. The van der Waals surface area contributed by atoms with Crippen molar-refractivity contribution >= 4 is 26.5 Å². The van der Waals surface area contributed by atoms with Crippen molar-refractivity contribution in [2.45, 2.75) is 39.3 Å². The molecule has 0 aliphatic heterocycles. The van der Waals surface area contributed by atoms with Crippen LogP contribution in [0.4, 0.5) is 0 Å². The largest absolute Gasteiger partial charge is 4.00 e. The van der Waals surface area contributed by atoms with Gasteiger partial charge in [-0.15, -0.1) is 0 Å². The Labute approximate surface area is 154 Å². The smallest absolute Gasteiger partial charge is 0.358 e. The molecule has 2 aromatic carbocycles. The van der Waals surface area contributed by atoms with Crippen molar-refractivity contribution in [3.05, 3.63) is 63.4 Å². The van der Waals surface area contributed by atoms with Gasteiger partial charge in [0.25, 0.3) is 0 Å². The molecule has 0 atom stereocenters. The van der Waals surface area contributed by atoms with Gasteiger partial charge in [-0.05, 0) is 0 Å². The van der Waals surface area contributed by atoms with Crippen LogP contribution >= 0.6 is 0 Å². The van der Waals surface area contributed by atoms with E-state index in [1.807, 2.05) is 0 Å². The van der Waals surface area contributed by atoms with Crippen LogP contribution in [0.5, 0.6) is 0 Å². The fourth-order valence-corrected chi connectivity index (χ4v) is 4.13. The maximum atomic E-state index is 2.36. The van der Waals surface area contributed by atoms with Crippen LogP contribution in [-0.2, 0) is 26.2 Å². The Kier molecular flexibility index (Phi) is 13.2. The fourth-order valence-electron chi connectivity index (χ4n) is 1.75. The zero-order valence-electron chi connectivity index (χ0n) is 15.1. The van der Waals surface area contributed by atoms with E-state index in [9.17, 15) is 0 Å². The van der Waals surface area contributed by atoms with E-state index in [4.69, 9.17) is 0 Å². The molecule has 0 spiro atoms. The standard InChI is InChI=1S/2C8H13Si.2CH3.Zr/c2*1-9(2,3)8-6-4-5-7-8;;;/h2*4-7H,1-3H3;2*1H3;/q4*-1;+4. The van der Waals surface area contributed by atoms with Crippen LogP contribution in [0.15, 0.2) is 48.5 Å². The van der Waals surface area contributed by atoms with Gasteiger partial charge in [0.2, 0.25) is 0 Å². The van der Waals surface area contributed by atoms with Crippen LogP contribution < -0.4 is 10.4 Å². The minimum atomic E-state index is -0.981. The van der Waals surface area contributed by atoms with Gasteiger partial charge in [-0.1, -0.05) is 39.3 Å². The summed E-state index contributed by atoms with van der Waals surface area (Å²) >= 11 is 0. The van der Waals surface area contributed by atoms with Crippen LogP contribution in [-0.4, -0.2) is 16.1 Å². The quantitative estimate of drug-likeness (QED) is 0.506. The first-order valence-electron chi connectivity index (χ1n) is 6.65. The topological polar surface area (TPSA) is 0 Å². The maximum Gasteiger partial charge on any atom is 4.00 e. The zero-order valence-corrected chi connectivity index (χ0v) is 19.6. The van der Waals surface area contributed by atoms with E-state index in [1.54, 1.807) is 10.4 Å². The Morgan fingerprint density at radius 2 is 0.714 bits per heavy atom. The monoisotopic (exact) mass is 394 g/mol. The third-order valence-electron chi connectivity index (χ3n) is 3.06. The Balaban J connectivity index is -0.000000270. The van der Waals surface area contributed by atoms with Gasteiger partial charge in [0, 0.05) is 16.1 Å². The summed E-state index contributed by atoms with van der Waals surface area (Å²) in [7, 11) is -1.96. The number of hydrogen-bond acceptors (Lipinski definition) is 0. The predicted molar refractivity (Wildman–Crippen MR) is 103 cm³/mol. The Morgan fingerprint density at radius 1 is 0.524 bits per heavy atom. The van der Waals surface area contributed by atoms with E-state index < -0.39 is 16.1 Å². The van der Waals surface area contributed by atoms with Gasteiger partial charge in [0.05, 0.1) is 0 Å². The second-order valence-electron chi connectivity index (χ2n) is 6.85. The molecule has 0 radical (unpaired) electrons. The molecule has 0 aromatic heterocycles. The Hall–Kier alpha value is 0.0169. The zero-order chi connectivity index (χ0) is 13.8. The molecule has 3 heteroatoms. The van der Waals surface area contributed by atoms with Crippen LogP contribution in [0.25, 0.3) is 0 Å². The van der Waals surface area contributed by atoms with Crippen molar-refractivity contribution in [2.75, 3.05) is 0 Å². The van der Waals surface area contributed by atoms with Crippen LogP contribution in [0.3, 0.4) is 0 Å². The molecular weight excluding hydrogens is 364 g/mol. The number of hydrogen-bond donors (Lipinski definition) is 0. The van der Waals surface area contributed by atoms with Crippen LogP contribution in [0.2, 0.25) is 39.3 Å². The summed E-state index contributed by atoms with van der Waals surface area (Å²) in [4.78, 5) is 0. The molecule has 0 fully saturated rings. The van der Waals surface area contributed by atoms with Crippen molar-refractivity contribution in [1.29, 1.82) is 0 Å². The van der Waals surface area contributed by atoms with Crippen molar-refractivity contribution in [2.24, 2.45) is 0 Å². The molecule has 0 unspecified atom stereocenters. The molecule has 21 heavy (non-hydrogen) atoms. The summed E-state index contributed by atoms with van der Waals surface area (Å²) < 4.78 is 0. The number of rotatable bonds is 2. The van der Waals surface area contributed by atoms with E-state index in [1.165, 1.54) is 0 Å². The van der Waals surface area contributed by atoms with E-state index in [-0.39, 0.29) is 41.1 Å². The summed E-state index contributed by atoms with van der Waals surface area (Å²) in [5.74, 6) is 0. The normalized spacial score (nSPS) is 10.2. The summed E-state index contributed by atoms with van der Waals surface area (Å²) in [6.07, 6.45) is 0. The van der Waals surface area contributed by atoms with Gasteiger partial charge >= 0.3 is 26.2 Å². The third-order valence-corrected chi connectivity index (χ3v) is 7.19. The minimum Gasteiger partial charge on any atom is -0.358 e. The molecule has 0 saturated carbocycles. The molecule has 0 aliphatic rings.